The quantitative estimate of drug-likeness (QED) is 0.396. The average Bonchev–Trinajstić information content (AvgIpc) is 3.38. The number of fused-ring (bicyclic) bond motifs is 1. The third-order valence-electron chi connectivity index (χ3n) is 4.26. The van der Waals surface area contributed by atoms with E-state index in [1.54, 1.807) is 23.7 Å². The number of aromatic nitrogens is 6. The van der Waals surface area contributed by atoms with E-state index in [0.29, 0.717) is 16.6 Å². The molecular weight excluding hydrogens is 459 g/mol. The van der Waals surface area contributed by atoms with E-state index in [1.165, 1.54) is 36.4 Å². The molecule has 1 aromatic carbocycles. The number of halogens is 2. The number of ether oxygens (including phenoxy) is 2. The van der Waals surface area contributed by atoms with Gasteiger partial charge in [0, 0.05) is 16.2 Å². The van der Waals surface area contributed by atoms with Crippen molar-refractivity contribution >= 4 is 32.9 Å². The molecular formula is C19H16BrFN6O3. The summed E-state index contributed by atoms with van der Waals surface area (Å²) in [5, 5.41) is 8.43. The Labute approximate surface area is 178 Å². The summed E-state index contributed by atoms with van der Waals surface area (Å²) < 4.78 is 28.2. The minimum absolute atomic E-state index is 0.169. The van der Waals surface area contributed by atoms with Gasteiger partial charge in [0.15, 0.2) is 0 Å². The molecule has 0 atom stereocenters. The number of rotatable bonds is 6. The van der Waals surface area contributed by atoms with Crippen molar-refractivity contribution < 1.29 is 18.7 Å². The number of nitrogens with zero attached hydrogens (tertiary/aromatic N) is 6. The third kappa shape index (κ3) is 3.75. The van der Waals surface area contributed by atoms with Gasteiger partial charge in [0.25, 0.3) is 5.95 Å². The van der Waals surface area contributed by atoms with Gasteiger partial charge in [-0.15, -0.1) is 0 Å². The van der Waals surface area contributed by atoms with Crippen LogP contribution >= 0.6 is 15.9 Å². The molecule has 0 bridgehead atoms. The zero-order valence-corrected chi connectivity index (χ0v) is 17.6. The van der Waals surface area contributed by atoms with Crippen LogP contribution in [0, 0.1) is 5.82 Å². The molecule has 3 aromatic heterocycles. The van der Waals surface area contributed by atoms with Crippen LogP contribution < -0.4 is 4.74 Å². The number of methoxy groups -OCH3 is 1. The first-order valence-corrected chi connectivity index (χ1v) is 9.73. The predicted octanol–water partition coefficient (Wildman–Crippen LogP) is 3.15. The third-order valence-corrected chi connectivity index (χ3v) is 4.76. The van der Waals surface area contributed by atoms with Gasteiger partial charge in [0.2, 0.25) is 5.88 Å². The maximum Gasteiger partial charge on any atom is 0.341 e. The summed E-state index contributed by atoms with van der Waals surface area (Å²) in [7, 11) is 1.47. The van der Waals surface area contributed by atoms with Gasteiger partial charge in [-0.25, -0.2) is 18.9 Å². The van der Waals surface area contributed by atoms with E-state index in [4.69, 9.17) is 9.47 Å². The van der Waals surface area contributed by atoms with E-state index in [9.17, 15) is 9.18 Å². The van der Waals surface area contributed by atoms with Gasteiger partial charge in [0.05, 0.1) is 38.2 Å². The second kappa shape index (κ2) is 8.19. The van der Waals surface area contributed by atoms with E-state index in [1.807, 2.05) is 0 Å². The summed E-state index contributed by atoms with van der Waals surface area (Å²) >= 11 is 3.35. The number of carbonyl (C=O) groups is 1. The highest BCUT2D eigenvalue weighted by Crippen LogP contribution is 2.25. The minimum atomic E-state index is -0.485. The van der Waals surface area contributed by atoms with Crippen molar-refractivity contribution in [3.05, 3.63) is 58.2 Å². The van der Waals surface area contributed by atoms with Crippen LogP contribution in [-0.4, -0.2) is 49.2 Å². The van der Waals surface area contributed by atoms with Crippen molar-refractivity contribution in [2.24, 2.45) is 0 Å². The van der Waals surface area contributed by atoms with Crippen LogP contribution in [0.25, 0.3) is 17.0 Å². The second-order valence-corrected chi connectivity index (χ2v) is 7.11. The lowest BCUT2D eigenvalue weighted by Gasteiger charge is -2.09. The van der Waals surface area contributed by atoms with Crippen molar-refractivity contribution in [1.82, 2.24) is 29.5 Å². The van der Waals surface area contributed by atoms with Gasteiger partial charge in [-0.05, 0) is 25.1 Å². The Morgan fingerprint density at radius 2 is 2.07 bits per heavy atom. The Kier molecular flexibility index (Phi) is 5.44. The summed E-state index contributed by atoms with van der Waals surface area (Å²) in [6.45, 7) is 2.16. The van der Waals surface area contributed by atoms with Gasteiger partial charge in [0.1, 0.15) is 16.9 Å². The van der Waals surface area contributed by atoms with E-state index in [0.717, 1.165) is 4.47 Å². The first-order chi connectivity index (χ1) is 14.5. The molecule has 0 saturated carbocycles. The number of esters is 1. The Hall–Kier alpha value is -3.34. The lowest BCUT2D eigenvalue weighted by atomic mass is 10.2. The molecule has 30 heavy (non-hydrogen) atoms. The van der Waals surface area contributed by atoms with Crippen LogP contribution in [0.1, 0.15) is 22.8 Å². The maximum atomic E-state index is 14.2. The van der Waals surface area contributed by atoms with Gasteiger partial charge in [-0.2, -0.15) is 15.2 Å². The van der Waals surface area contributed by atoms with Crippen molar-refractivity contribution in [1.29, 1.82) is 0 Å². The van der Waals surface area contributed by atoms with Crippen LogP contribution in [0.4, 0.5) is 4.39 Å². The molecule has 11 heteroatoms. The molecule has 0 N–H and O–H groups in total. The first-order valence-electron chi connectivity index (χ1n) is 8.93. The fraction of sp³-hybridized carbons (Fsp3) is 0.211. The summed E-state index contributed by atoms with van der Waals surface area (Å²) in [4.78, 5) is 20.7. The normalized spacial score (nSPS) is 11.1. The zero-order valence-electron chi connectivity index (χ0n) is 16.0. The Morgan fingerprint density at radius 3 is 2.83 bits per heavy atom. The molecule has 3 heterocycles. The second-order valence-electron chi connectivity index (χ2n) is 6.20. The smallest absolute Gasteiger partial charge is 0.341 e. The standard InChI is InChI=1S/C19H16BrFN6O3/c1-3-30-18(28)12-7-22-27(10-12)19-24-15-8-23-26(16(15)17(25-19)29-2)9-11-6-13(20)4-5-14(11)21/h4-8,10H,3,9H2,1-2H3. The molecule has 4 rings (SSSR count). The SMILES string of the molecule is CCOC(=O)c1cnn(-c2nc(OC)c3c(cnn3Cc3cc(Br)ccc3F)n2)c1. The molecule has 0 unspecified atom stereocenters. The minimum Gasteiger partial charge on any atom is -0.479 e. The van der Waals surface area contributed by atoms with E-state index >= 15 is 0 Å². The van der Waals surface area contributed by atoms with Crippen LogP contribution in [-0.2, 0) is 11.3 Å². The Morgan fingerprint density at radius 1 is 1.23 bits per heavy atom. The highest BCUT2D eigenvalue weighted by Gasteiger charge is 2.18. The van der Waals surface area contributed by atoms with Crippen molar-refractivity contribution in [3.63, 3.8) is 0 Å². The highest BCUT2D eigenvalue weighted by molar-refractivity contribution is 9.10. The fourth-order valence-electron chi connectivity index (χ4n) is 2.90. The number of hydrogen-bond donors (Lipinski definition) is 0. The van der Waals surface area contributed by atoms with E-state index in [2.05, 4.69) is 36.1 Å². The molecule has 0 aliphatic rings. The first kappa shape index (κ1) is 20.0. The van der Waals surface area contributed by atoms with Crippen LogP contribution in [0.2, 0.25) is 0 Å². The largest absolute Gasteiger partial charge is 0.479 e. The topological polar surface area (TPSA) is 97.0 Å². The molecule has 154 valence electrons. The number of carbonyl (C=O) groups excluding carboxylic acids is 1. The van der Waals surface area contributed by atoms with Gasteiger partial charge in [-0.1, -0.05) is 15.9 Å². The molecule has 0 aliphatic carbocycles. The Bertz CT molecular complexity index is 1240. The van der Waals surface area contributed by atoms with Crippen LogP contribution in [0.5, 0.6) is 5.88 Å². The molecule has 0 saturated heterocycles. The number of hydrogen-bond acceptors (Lipinski definition) is 7. The molecule has 0 aliphatic heterocycles. The summed E-state index contributed by atoms with van der Waals surface area (Å²) in [6.07, 6.45) is 4.38. The molecule has 9 nitrogen and oxygen atoms in total. The van der Waals surface area contributed by atoms with Gasteiger partial charge in [-0.3, -0.25) is 4.68 Å². The number of benzene rings is 1. The van der Waals surface area contributed by atoms with Crippen molar-refractivity contribution in [3.8, 4) is 11.8 Å². The lowest BCUT2D eigenvalue weighted by molar-refractivity contribution is 0.0526. The highest BCUT2D eigenvalue weighted by atomic mass is 79.9. The lowest BCUT2D eigenvalue weighted by Crippen LogP contribution is -2.08. The zero-order chi connectivity index (χ0) is 21.3. The van der Waals surface area contributed by atoms with E-state index in [-0.39, 0.29) is 36.4 Å². The summed E-state index contributed by atoms with van der Waals surface area (Å²) in [6, 6.07) is 4.70. The average molecular weight is 475 g/mol. The van der Waals surface area contributed by atoms with Crippen molar-refractivity contribution in [2.75, 3.05) is 13.7 Å². The Balaban J connectivity index is 1.73. The van der Waals surface area contributed by atoms with Crippen molar-refractivity contribution in [2.45, 2.75) is 13.5 Å². The molecule has 0 amide bonds. The summed E-state index contributed by atoms with van der Waals surface area (Å²) in [5.41, 5.74) is 1.73. The van der Waals surface area contributed by atoms with Crippen LogP contribution in [0.3, 0.4) is 0 Å². The summed E-state index contributed by atoms with van der Waals surface area (Å²) in [5.74, 6) is -0.388. The fourth-order valence-corrected chi connectivity index (χ4v) is 3.30. The van der Waals surface area contributed by atoms with Gasteiger partial charge < -0.3 is 9.47 Å². The van der Waals surface area contributed by atoms with Crippen LogP contribution in [0.15, 0.2) is 41.3 Å². The predicted molar refractivity (Wildman–Crippen MR) is 108 cm³/mol. The monoisotopic (exact) mass is 474 g/mol. The maximum absolute atomic E-state index is 14.2. The molecule has 0 fully saturated rings. The molecule has 0 radical (unpaired) electrons. The molecule has 4 aromatic rings. The van der Waals surface area contributed by atoms with E-state index < -0.39 is 5.97 Å². The van der Waals surface area contributed by atoms with Gasteiger partial charge >= 0.3 is 5.97 Å². The molecule has 0 spiro atoms.